The summed E-state index contributed by atoms with van der Waals surface area (Å²) in [7, 11) is 1.58. The summed E-state index contributed by atoms with van der Waals surface area (Å²) < 4.78 is 5.12. The van der Waals surface area contributed by atoms with Crippen LogP contribution in [0.3, 0.4) is 0 Å². The highest BCUT2D eigenvalue weighted by Gasteiger charge is 2.08. The quantitative estimate of drug-likeness (QED) is 0.821. The monoisotopic (exact) mass is 228 g/mol. The average molecular weight is 228 g/mol. The molecule has 0 unspecified atom stereocenters. The molecule has 0 fully saturated rings. The van der Waals surface area contributed by atoms with Crippen LogP contribution in [0.5, 0.6) is 11.5 Å². The second-order valence-electron chi connectivity index (χ2n) is 3.59. The van der Waals surface area contributed by atoms with Gasteiger partial charge in [0.15, 0.2) is 6.29 Å². The molecule has 0 spiro atoms. The molecular weight excluding hydrogens is 216 g/mol. The van der Waals surface area contributed by atoms with Crippen LogP contribution in [0, 0.1) is 0 Å². The largest absolute Gasteiger partial charge is 0.507 e. The Hall–Kier alpha value is -2.29. The van der Waals surface area contributed by atoms with Crippen LogP contribution >= 0.6 is 0 Å². The van der Waals surface area contributed by atoms with Gasteiger partial charge in [-0.1, -0.05) is 24.3 Å². The molecular formula is C14H12O3. The number of ether oxygens (including phenoxy) is 1. The number of phenolic OH excluding ortho intramolecular Hbond substituents is 1. The van der Waals surface area contributed by atoms with Gasteiger partial charge in [0, 0.05) is 5.56 Å². The Morgan fingerprint density at radius 2 is 1.94 bits per heavy atom. The Labute approximate surface area is 99.3 Å². The third-order valence-corrected chi connectivity index (χ3v) is 2.57. The van der Waals surface area contributed by atoms with Crippen LogP contribution in [0.2, 0.25) is 0 Å². The number of phenols is 1. The van der Waals surface area contributed by atoms with Crippen molar-refractivity contribution in [2.75, 3.05) is 7.11 Å². The lowest BCUT2D eigenvalue weighted by Crippen LogP contribution is -1.87. The molecule has 2 aromatic rings. The standard InChI is InChI=1S/C14H12O3/c1-17-12-6-2-4-10(8-12)13-7-3-5-11(9-15)14(13)16/h2-9,16H,1H3. The zero-order chi connectivity index (χ0) is 12.3. The fourth-order valence-electron chi connectivity index (χ4n) is 1.68. The van der Waals surface area contributed by atoms with Crippen LogP contribution in [0.25, 0.3) is 11.1 Å². The molecule has 2 rings (SSSR count). The van der Waals surface area contributed by atoms with Crippen molar-refractivity contribution in [1.29, 1.82) is 0 Å². The summed E-state index contributed by atoms with van der Waals surface area (Å²) in [5.41, 5.74) is 1.71. The first kappa shape index (κ1) is 11.2. The van der Waals surface area contributed by atoms with E-state index in [4.69, 9.17) is 4.74 Å². The number of aromatic hydroxyl groups is 1. The van der Waals surface area contributed by atoms with E-state index in [9.17, 15) is 9.90 Å². The zero-order valence-corrected chi connectivity index (χ0v) is 9.38. The van der Waals surface area contributed by atoms with Crippen molar-refractivity contribution in [2.24, 2.45) is 0 Å². The highest BCUT2D eigenvalue weighted by atomic mass is 16.5. The van der Waals surface area contributed by atoms with Crippen LogP contribution in [0.4, 0.5) is 0 Å². The van der Waals surface area contributed by atoms with E-state index in [0.29, 0.717) is 17.6 Å². The molecule has 0 heterocycles. The summed E-state index contributed by atoms with van der Waals surface area (Å²) in [6.45, 7) is 0. The predicted molar refractivity (Wildman–Crippen MR) is 65.5 cm³/mol. The molecule has 0 atom stereocenters. The molecule has 0 aromatic heterocycles. The Morgan fingerprint density at radius 1 is 1.18 bits per heavy atom. The fraction of sp³-hybridized carbons (Fsp3) is 0.0714. The minimum atomic E-state index is -0.00393. The minimum Gasteiger partial charge on any atom is -0.507 e. The van der Waals surface area contributed by atoms with Crippen LogP contribution in [-0.4, -0.2) is 18.5 Å². The van der Waals surface area contributed by atoms with Crippen molar-refractivity contribution < 1.29 is 14.6 Å². The summed E-state index contributed by atoms with van der Waals surface area (Å²) in [5, 5.41) is 9.93. The molecule has 3 heteroatoms. The first-order chi connectivity index (χ1) is 8.26. The minimum absolute atomic E-state index is 0.00393. The maximum absolute atomic E-state index is 10.7. The van der Waals surface area contributed by atoms with Crippen molar-refractivity contribution in [3.63, 3.8) is 0 Å². The van der Waals surface area contributed by atoms with Gasteiger partial charge in [-0.3, -0.25) is 4.79 Å². The molecule has 1 N–H and O–H groups in total. The molecule has 0 saturated heterocycles. The van der Waals surface area contributed by atoms with Gasteiger partial charge >= 0.3 is 0 Å². The van der Waals surface area contributed by atoms with Gasteiger partial charge in [-0.25, -0.2) is 0 Å². The van der Waals surface area contributed by atoms with Gasteiger partial charge in [-0.2, -0.15) is 0 Å². The first-order valence-corrected chi connectivity index (χ1v) is 5.18. The van der Waals surface area contributed by atoms with Gasteiger partial charge in [0.2, 0.25) is 0 Å². The van der Waals surface area contributed by atoms with Crippen LogP contribution < -0.4 is 4.74 Å². The number of benzene rings is 2. The Morgan fingerprint density at radius 3 is 2.65 bits per heavy atom. The van der Waals surface area contributed by atoms with Crippen molar-refractivity contribution in [2.45, 2.75) is 0 Å². The van der Waals surface area contributed by atoms with Gasteiger partial charge in [0.05, 0.1) is 12.7 Å². The van der Waals surface area contributed by atoms with Gasteiger partial charge in [0.1, 0.15) is 11.5 Å². The van der Waals surface area contributed by atoms with Crippen LogP contribution in [-0.2, 0) is 0 Å². The second-order valence-corrected chi connectivity index (χ2v) is 3.59. The van der Waals surface area contributed by atoms with E-state index in [0.717, 1.165) is 5.56 Å². The number of methoxy groups -OCH3 is 1. The molecule has 0 aliphatic rings. The highest BCUT2D eigenvalue weighted by Crippen LogP contribution is 2.32. The normalized spacial score (nSPS) is 9.94. The Kier molecular flexibility index (Phi) is 3.10. The molecule has 86 valence electrons. The smallest absolute Gasteiger partial charge is 0.153 e. The summed E-state index contributed by atoms with van der Waals surface area (Å²) in [4.78, 5) is 10.7. The van der Waals surface area contributed by atoms with Crippen LogP contribution in [0.15, 0.2) is 42.5 Å². The number of hydrogen-bond acceptors (Lipinski definition) is 3. The lowest BCUT2D eigenvalue weighted by atomic mass is 10.0. The lowest BCUT2D eigenvalue weighted by molar-refractivity contribution is 0.112. The van der Waals surface area contributed by atoms with Gasteiger partial charge in [0.25, 0.3) is 0 Å². The molecule has 0 aliphatic heterocycles. The molecule has 3 nitrogen and oxygen atoms in total. The van der Waals surface area contributed by atoms with Crippen molar-refractivity contribution in [3.05, 3.63) is 48.0 Å². The summed E-state index contributed by atoms with van der Waals surface area (Å²) in [5.74, 6) is 0.703. The van der Waals surface area contributed by atoms with E-state index < -0.39 is 0 Å². The summed E-state index contributed by atoms with van der Waals surface area (Å²) in [6, 6.07) is 12.4. The molecule has 17 heavy (non-hydrogen) atoms. The van der Waals surface area contributed by atoms with Crippen molar-refractivity contribution in [3.8, 4) is 22.6 Å². The number of hydrogen-bond donors (Lipinski definition) is 1. The maximum Gasteiger partial charge on any atom is 0.153 e. The number of carbonyl (C=O) groups is 1. The van der Waals surface area contributed by atoms with E-state index in [1.165, 1.54) is 0 Å². The van der Waals surface area contributed by atoms with Crippen molar-refractivity contribution in [1.82, 2.24) is 0 Å². The fourth-order valence-corrected chi connectivity index (χ4v) is 1.68. The third kappa shape index (κ3) is 2.13. The lowest BCUT2D eigenvalue weighted by Gasteiger charge is -2.08. The van der Waals surface area contributed by atoms with Gasteiger partial charge < -0.3 is 9.84 Å². The third-order valence-electron chi connectivity index (χ3n) is 2.57. The van der Waals surface area contributed by atoms with E-state index in [1.54, 1.807) is 25.3 Å². The van der Waals surface area contributed by atoms with E-state index >= 15 is 0 Å². The molecule has 0 aliphatic carbocycles. The zero-order valence-electron chi connectivity index (χ0n) is 9.38. The molecule has 0 bridgehead atoms. The molecule has 0 radical (unpaired) electrons. The van der Waals surface area contributed by atoms with Gasteiger partial charge in [-0.05, 0) is 23.8 Å². The maximum atomic E-state index is 10.7. The van der Waals surface area contributed by atoms with Crippen molar-refractivity contribution >= 4 is 6.29 Å². The van der Waals surface area contributed by atoms with E-state index in [1.807, 2.05) is 24.3 Å². The number of carbonyl (C=O) groups excluding carboxylic acids is 1. The van der Waals surface area contributed by atoms with Crippen LogP contribution in [0.1, 0.15) is 10.4 Å². The first-order valence-electron chi connectivity index (χ1n) is 5.18. The SMILES string of the molecule is COc1cccc(-c2cccc(C=O)c2O)c1. The molecule has 0 amide bonds. The van der Waals surface area contributed by atoms with Gasteiger partial charge in [-0.15, -0.1) is 0 Å². The van der Waals surface area contributed by atoms with E-state index in [-0.39, 0.29) is 11.3 Å². The average Bonchev–Trinajstić information content (AvgIpc) is 2.39. The Balaban J connectivity index is 2.56. The molecule has 2 aromatic carbocycles. The Bertz CT molecular complexity index is 547. The summed E-state index contributed by atoms with van der Waals surface area (Å²) in [6.07, 6.45) is 0.638. The van der Waals surface area contributed by atoms with E-state index in [2.05, 4.69) is 0 Å². The number of para-hydroxylation sites is 1. The highest BCUT2D eigenvalue weighted by molar-refractivity contribution is 5.85. The second kappa shape index (κ2) is 4.70. The summed E-state index contributed by atoms with van der Waals surface area (Å²) >= 11 is 0. The predicted octanol–water partition coefficient (Wildman–Crippen LogP) is 2.88. The number of aldehydes is 1. The number of rotatable bonds is 3. The topological polar surface area (TPSA) is 46.5 Å². The molecule has 0 saturated carbocycles.